The average molecular weight is 295 g/mol. The van der Waals surface area contributed by atoms with E-state index in [2.05, 4.69) is 4.74 Å². The Hall–Kier alpha value is -1.87. The van der Waals surface area contributed by atoms with E-state index in [1.165, 1.54) is 17.7 Å². The van der Waals surface area contributed by atoms with Crippen LogP contribution in [0.5, 0.6) is 5.75 Å². The second-order valence-electron chi connectivity index (χ2n) is 3.13. The topological polar surface area (TPSA) is 116 Å². The molecule has 0 saturated carbocycles. The highest BCUT2D eigenvalue weighted by molar-refractivity contribution is 8.12. The third-order valence-corrected chi connectivity index (χ3v) is 2.42. The van der Waals surface area contributed by atoms with Crippen LogP contribution in [0.25, 0.3) is 0 Å². The number of nitrogens with one attached hydrogen (secondary N) is 1. The standard InChI is InChI=1S/C8H7ClN2O6S/c1-5-4-6(2-3-7(5)11(13)14)17-8(12)10-18(9,15)16/h2-4H,1H3,(H,10,12). The fraction of sp³-hybridized carbons (Fsp3) is 0.125. The summed E-state index contributed by atoms with van der Waals surface area (Å²) in [4.78, 5) is 21.0. The highest BCUT2D eigenvalue weighted by atomic mass is 35.7. The van der Waals surface area contributed by atoms with Crippen molar-refractivity contribution < 1.29 is 22.9 Å². The Kier molecular flexibility index (Phi) is 4.09. The van der Waals surface area contributed by atoms with E-state index in [-0.39, 0.29) is 17.0 Å². The molecule has 0 unspecified atom stereocenters. The van der Waals surface area contributed by atoms with Gasteiger partial charge in [-0.3, -0.25) is 10.1 Å². The minimum Gasteiger partial charge on any atom is -0.410 e. The summed E-state index contributed by atoms with van der Waals surface area (Å²) in [6.45, 7) is 1.45. The third kappa shape index (κ3) is 4.18. The number of hydrogen-bond donors (Lipinski definition) is 1. The number of carbonyl (C=O) groups is 1. The second-order valence-corrected chi connectivity index (χ2v) is 5.43. The first-order chi connectivity index (χ1) is 8.19. The fourth-order valence-electron chi connectivity index (χ4n) is 1.12. The summed E-state index contributed by atoms with van der Waals surface area (Å²) in [6, 6.07) is 3.51. The van der Waals surface area contributed by atoms with E-state index < -0.39 is 20.3 Å². The molecule has 0 bridgehead atoms. The number of rotatable bonds is 3. The van der Waals surface area contributed by atoms with Crippen LogP contribution in [0.4, 0.5) is 10.5 Å². The molecule has 0 spiro atoms. The second kappa shape index (κ2) is 5.19. The molecule has 0 radical (unpaired) electrons. The first kappa shape index (κ1) is 14.2. The normalized spacial score (nSPS) is 10.8. The van der Waals surface area contributed by atoms with Gasteiger partial charge in [-0.15, -0.1) is 0 Å². The summed E-state index contributed by atoms with van der Waals surface area (Å²) >= 11 is 0. The quantitative estimate of drug-likeness (QED) is 0.513. The van der Waals surface area contributed by atoms with Crippen molar-refractivity contribution in [2.24, 2.45) is 0 Å². The fourth-order valence-corrected chi connectivity index (χ4v) is 1.55. The molecule has 0 atom stereocenters. The minimum atomic E-state index is -4.24. The van der Waals surface area contributed by atoms with E-state index in [9.17, 15) is 23.3 Å². The number of nitro benzene ring substituents is 1. The minimum absolute atomic E-state index is 0.0454. The van der Waals surface area contributed by atoms with Gasteiger partial charge in [-0.25, -0.2) is 9.52 Å². The summed E-state index contributed by atoms with van der Waals surface area (Å²) in [5, 5.41) is 10.5. The van der Waals surface area contributed by atoms with Gasteiger partial charge in [-0.2, -0.15) is 8.42 Å². The van der Waals surface area contributed by atoms with Gasteiger partial charge in [0.2, 0.25) is 0 Å². The number of nitrogens with zero attached hydrogens (tertiary/aromatic N) is 1. The van der Waals surface area contributed by atoms with E-state index >= 15 is 0 Å². The highest BCUT2D eigenvalue weighted by Crippen LogP contribution is 2.23. The summed E-state index contributed by atoms with van der Waals surface area (Å²) in [5.41, 5.74) is 0.117. The van der Waals surface area contributed by atoms with Gasteiger partial charge in [0, 0.05) is 22.3 Å². The smallest absolute Gasteiger partial charge is 0.410 e. The lowest BCUT2D eigenvalue weighted by Crippen LogP contribution is -2.29. The summed E-state index contributed by atoms with van der Waals surface area (Å²) in [7, 11) is 0.528. The lowest BCUT2D eigenvalue weighted by molar-refractivity contribution is -0.385. The molecular weight excluding hydrogens is 288 g/mol. The van der Waals surface area contributed by atoms with E-state index in [0.717, 1.165) is 12.1 Å². The molecule has 1 N–H and O–H groups in total. The SMILES string of the molecule is Cc1cc(OC(=O)NS(=O)(=O)Cl)ccc1[N+](=O)[O-]. The number of halogens is 1. The highest BCUT2D eigenvalue weighted by Gasteiger charge is 2.15. The predicted octanol–water partition coefficient (Wildman–Crippen LogP) is 1.48. The van der Waals surface area contributed by atoms with Crippen LogP contribution in [0.1, 0.15) is 5.56 Å². The van der Waals surface area contributed by atoms with E-state index in [1.807, 2.05) is 0 Å². The van der Waals surface area contributed by atoms with Crippen LogP contribution in [0, 0.1) is 17.0 Å². The molecule has 8 nitrogen and oxygen atoms in total. The molecule has 0 aliphatic heterocycles. The maximum absolute atomic E-state index is 11.0. The molecule has 0 fully saturated rings. The largest absolute Gasteiger partial charge is 0.427 e. The first-order valence-corrected chi connectivity index (χ1v) is 6.69. The van der Waals surface area contributed by atoms with E-state index in [4.69, 9.17) is 10.7 Å². The molecule has 0 aromatic heterocycles. The van der Waals surface area contributed by atoms with Gasteiger partial charge in [0.15, 0.2) is 0 Å². The van der Waals surface area contributed by atoms with Crippen molar-refractivity contribution >= 4 is 31.7 Å². The molecular formula is C8H7ClN2O6S. The molecule has 0 aliphatic rings. The van der Waals surface area contributed by atoms with E-state index in [0.29, 0.717) is 0 Å². The number of amides is 1. The van der Waals surface area contributed by atoms with Crippen LogP contribution in [-0.2, 0) is 9.24 Å². The first-order valence-electron chi connectivity index (χ1n) is 4.38. The van der Waals surface area contributed by atoms with Crippen LogP contribution in [-0.4, -0.2) is 19.4 Å². The monoisotopic (exact) mass is 294 g/mol. The van der Waals surface area contributed by atoms with Crippen LogP contribution < -0.4 is 9.46 Å². The number of carbonyl (C=O) groups excluding carboxylic acids is 1. The van der Waals surface area contributed by atoms with Gasteiger partial charge in [-0.1, -0.05) is 0 Å². The van der Waals surface area contributed by atoms with Crippen LogP contribution in [0.2, 0.25) is 0 Å². The maximum Gasteiger partial charge on any atom is 0.427 e. The molecule has 0 heterocycles. The zero-order valence-electron chi connectivity index (χ0n) is 8.91. The number of ether oxygens (including phenoxy) is 1. The van der Waals surface area contributed by atoms with Gasteiger partial charge in [0.05, 0.1) is 4.92 Å². The third-order valence-electron chi connectivity index (χ3n) is 1.78. The van der Waals surface area contributed by atoms with Crippen molar-refractivity contribution in [2.75, 3.05) is 0 Å². The van der Waals surface area contributed by atoms with Gasteiger partial charge in [0.25, 0.3) is 5.69 Å². The van der Waals surface area contributed by atoms with Gasteiger partial charge in [-0.05, 0) is 19.1 Å². The molecule has 18 heavy (non-hydrogen) atoms. The number of hydrogen-bond acceptors (Lipinski definition) is 6. The van der Waals surface area contributed by atoms with Crippen molar-refractivity contribution in [1.82, 2.24) is 4.72 Å². The summed E-state index contributed by atoms with van der Waals surface area (Å²) in [5.74, 6) is -0.0454. The van der Waals surface area contributed by atoms with Gasteiger partial charge in [0.1, 0.15) is 5.75 Å². The average Bonchev–Trinajstić information content (AvgIpc) is 2.13. The number of benzene rings is 1. The number of aryl methyl sites for hydroxylation is 1. The van der Waals surface area contributed by atoms with Crippen molar-refractivity contribution in [3.63, 3.8) is 0 Å². The lowest BCUT2D eigenvalue weighted by Gasteiger charge is -2.04. The van der Waals surface area contributed by atoms with E-state index in [1.54, 1.807) is 0 Å². The summed E-state index contributed by atoms with van der Waals surface area (Å²) in [6.07, 6.45) is -1.31. The Morgan fingerprint density at radius 3 is 2.56 bits per heavy atom. The molecule has 0 saturated heterocycles. The number of nitro groups is 1. The Morgan fingerprint density at radius 2 is 2.11 bits per heavy atom. The Labute approximate surface area is 106 Å². The molecule has 98 valence electrons. The van der Waals surface area contributed by atoms with Crippen molar-refractivity contribution in [1.29, 1.82) is 0 Å². The predicted molar refractivity (Wildman–Crippen MR) is 61.8 cm³/mol. The lowest BCUT2D eigenvalue weighted by atomic mass is 10.2. The van der Waals surface area contributed by atoms with Gasteiger partial charge >= 0.3 is 15.3 Å². The van der Waals surface area contributed by atoms with Gasteiger partial charge < -0.3 is 4.74 Å². The zero-order valence-corrected chi connectivity index (χ0v) is 10.5. The Bertz CT molecular complexity index is 600. The van der Waals surface area contributed by atoms with Crippen LogP contribution in [0.3, 0.4) is 0 Å². The Morgan fingerprint density at radius 1 is 1.50 bits per heavy atom. The van der Waals surface area contributed by atoms with Crippen molar-refractivity contribution in [3.8, 4) is 5.75 Å². The molecule has 1 aromatic rings. The molecule has 1 rings (SSSR count). The molecule has 0 aliphatic carbocycles. The zero-order chi connectivity index (χ0) is 13.9. The summed E-state index contributed by atoms with van der Waals surface area (Å²) < 4.78 is 26.9. The molecule has 1 aromatic carbocycles. The van der Waals surface area contributed by atoms with Crippen molar-refractivity contribution in [2.45, 2.75) is 6.92 Å². The van der Waals surface area contributed by atoms with Crippen LogP contribution in [0.15, 0.2) is 18.2 Å². The molecule has 10 heteroatoms. The Balaban J connectivity index is 2.84. The maximum atomic E-state index is 11.0. The van der Waals surface area contributed by atoms with Crippen LogP contribution >= 0.6 is 10.7 Å². The van der Waals surface area contributed by atoms with Crippen molar-refractivity contribution in [3.05, 3.63) is 33.9 Å². The molecule has 1 amide bonds.